The number of hydrogen-bond acceptors (Lipinski definition) is 1. The molecule has 2 aliphatic carbocycles. The molecule has 2 bridgehead atoms. The van der Waals surface area contributed by atoms with E-state index in [4.69, 9.17) is 5.11 Å². The van der Waals surface area contributed by atoms with Gasteiger partial charge in [0.15, 0.2) is 0 Å². The Kier molecular flexibility index (Phi) is 2.44. The lowest BCUT2D eigenvalue weighted by molar-refractivity contribution is -0.132. The minimum absolute atomic E-state index is 0.473. The molecule has 0 amide bonds. The number of carboxylic acid groups (broad SMARTS) is 1. The molecule has 76 valence electrons. The molecule has 0 aliphatic heterocycles. The van der Waals surface area contributed by atoms with Gasteiger partial charge in [-0.05, 0) is 44.9 Å². The molecule has 1 saturated carbocycles. The minimum Gasteiger partial charge on any atom is -0.478 e. The van der Waals surface area contributed by atoms with Crippen molar-refractivity contribution >= 4 is 5.97 Å². The van der Waals surface area contributed by atoms with E-state index in [2.05, 4.69) is 0 Å². The molecular formula is C12H16O2. The monoisotopic (exact) mass is 192 g/mol. The van der Waals surface area contributed by atoms with Crippen molar-refractivity contribution in [2.45, 2.75) is 39.0 Å². The summed E-state index contributed by atoms with van der Waals surface area (Å²) < 4.78 is 0. The Labute approximate surface area is 84.3 Å². The maximum absolute atomic E-state index is 10.6. The third kappa shape index (κ3) is 1.74. The van der Waals surface area contributed by atoms with Crippen LogP contribution in [0.25, 0.3) is 0 Å². The zero-order valence-electron chi connectivity index (χ0n) is 8.55. The first-order valence-corrected chi connectivity index (χ1v) is 5.26. The van der Waals surface area contributed by atoms with E-state index in [1.54, 1.807) is 12.5 Å². The van der Waals surface area contributed by atoms with Crippen LogP contribution in [0.5, 0.6) is 0 Å². The first kappa shape index (κ1) is 9.50. The predicted molar refractivity (Wildman–Crippen MR) is 55.0 cm³/mol. The van der Waals surface area contributed by atoms with Crippen LogP contribution in [0.4, 0.5) is 0 Å². The summed E-state index contributed by atoms with van der Waals surface area (Å²) in [5.74, 6) is 0.0947. The van der Waals surface area contributed by atoms with E-state index >= 15 is 0 Å². The molecule has 0 heterocycles. The average Bonchev–Trinajstić information content (AvgIpc) is 2.74. The highest BCUT2D eigenvalue weighted by atomic mass is 16.4. The van der Waals surface area contributed by atoms with Crippen LogP contribution < -0.4 is 0 Å². The second kappa shape index (κ2) is 3.60. The van der Waals surface area contributed by atoms with E-state index in [1.807, 2.05) is 6.08 Å². The van der Waals surface area contributed by atoms with Crippen LogP contribution in [-0.4, -0.2) is 11.1 Å². The van der Waals surface area contributed by atoms with Gasteiger partial charge in [0, 0.05) is 5.57 Å². The number of aliphatic carboxylic acids is 1. The Hall–Kier alpha value is -1.05. The second-order valence-electron chi connectivity index (χ2n) is 4.42. The first-order chi connectivity index (χ1) is 6.66. The van der Waals surface area contributed by atoms with Crippen molar-refractivity contribution in [1.29, 1.82) is 0 Å². The summed E-state index contributed by atoms with van der Waals surface area (Å²) in [6, 6.07) is 0. The average molecular weight is 192 g/mol. The van der Waals surface area contributed by atoms with Crippen LogP contribution in [0.2, 0.25) is 0 Å². The first-order valence-electron chi connectivity index (χ1n) is 5.26. The molecule has 2 heteroatoms. The third-order valence-electron chi connectivity index (χ3n) is 3.42. The standard InChI is InChI=1S/C12H16O2/c1-8(12(13)14)2-4-10-6-9-3-5-11(10)7-9/h2,9H,3-7H2,1H3,(H,13,14). The number of hydrogen-bond donors (Lipinski definition) is 1. The van der Waals surface area contributed by atoms with Crippen LogP contribution in [0.3, 0.4) is 0 Å². The second-order valence-corrected chi connectivity index (χ2v) is 4.42. The molecule has 0 aromatic carbocycles. The highest BCUT2D eigenvalue weighted by molar-refractivity contribution is 5.85. The Morgan fingerprint density at radius 2 is 2.36 bits per heavy atom. The topological polar surface area (TPSA) is 37.3 Å². The number of carbonyl (C=O) groups is 1. The molecule has 0 saturated heterocycles. The molecule has 0 radical (unpaired) electrons. The highest BCUT2D eigenvalue weighted by Crippen LogP contribution is 2.45. The molecule has 1 atom stereocenters. The number of allylic oxidation sites excluding steroid dienone is 3. The Morgan fingerprint density at radius 3 is 2.86 bits per heavy atom. The van der Waals surface area contributed by atoms with Crippen LogP contribution >= 0.6 is 0 Å². The maximum Gasteiger partial charge on any atom is 0.330 e. The molecule has 2 rings (SSSR count). The fourth-order valence-electron chi connectivity index (χ4n) is 2.51. The van der Waals surface area contributed by atoms with Crippen molar-refractivity contribution in [1.82, 2.24) is 0 Å². The molecule has 1 N–H and O–H groups in total. The normalized spacial score (nSPS) is 26.1. The van der Waals surface area contributed by atoms with Gasteiger partial charge in [0.25, 0.3) is 0 Å². The molecule has 14 heavy (non-hydrogen) atoms. The highest BCUT2D eigenvalue weighted by Gasteiger charge is 2.29. The smallest absolute Gasteiger partial charge is 0.330 e. The lowest BCUT2D eigenvalue weighted by atomic mass is 9.96. The van der Waals surface area contributed by atoms with E-state index in [9.17, 15) is 4.79 Å². The van der Waals surface area contributed by atoms with Gasteiger partial charge in [0.2, 0.25) is 0 Å². The van der Waals surface area contributed by atoms with Crippen LogP contribution in [0, 0.1) is 5.92 Å². The van der Waals surface area contributed by atoms with Gasteiger partial charge in [-0.3, -0.25) is 0 Å². The summed E-state index contributed by atoms with van der Waals surface area (Å²) in [4.78, 5) is 10.6. The predicted octanol–water partition coefficient (Wildman–Crippen LogP) is 2.91. The summed E-state index contributed by atoms with van der Waals surface area (Å²) >= 11 is 0. The molecule has 0 spiro atoms. The van der Waals surface area contributed by atoms with Crippen molar-refractivity contribution in [3.63, 3.8) is 0 Å². The number of carboxylic acids is 1. The number of fused-ring (bicyclic) bond motifs is 2. The van der Waals surface area contributed by atoms with Gasteiger partial charge < -0.3 is 5.11 Å². The Balaban J connectivity index is 1.99. The molecule has 0 aromatic heterocycles. The number of rotatable bonds is 3. The van der Waals surface area contributed by atoms with E-state index in [0.29, 0.717) is 5.57 Å². The van der Waals surface area contributed by atoms with E-state index in [1.165, 1.54) is 31.3 Å². The van der Waals surface area contributed by atoms with Crippen molar-refractivity contribution in [2.75, 3.05) is 0 Å². The van der Waals surface area contributed by atoms with Gasteiger partial charge >= 0.3 is 5.97 Å². The summed E-state index contributed by atoms with van der Waals surface area (Å²) in [5.41, 5.74) is 3.60. The van der Waals surface area contributed by atoms with Gasteiger partial charge in [0.05, 0.1) is 0 Å². The SMILES string of the molecule is CC(=CCC1=C2CCC(C1)C2)C(=O)O. The quantitative estimate of drug-likeness (QED) is 0.551. The lowest BCUT2D eigenvalue weighted by Crippen LogP contribution is -1.97. The van der Waals surface area contributed by atoms with Crippen LogP contribution in [-0.2, 0) is 4.79 Å². The summed E-state index contributed by atoms with van der Waals surface area (Å²) in [7, 11) is 0. The fraction of sp³-hybridized carbons (Fsp3) is 0.583. The van der Waals surface area contributed by atoms with E-state index < -0.39 is 5.97 Å². The lowest BCUT2D eigenvalue weighted by Gasteiger charge is -2.09. The van der Waals surface area contributed by atoms with Gasteiger partial charge in [0.1, 0.15) is 0 Å². The minimum atomic E-state index is -0.793. The zero-order valence-corrected chi connectivity index (χ0v) is 8.55. The molecule has 2 nitrogen and oxygen atoms in total. The largest absolute Gasteiger partial charge is 0.478 e. The van der Waals surface area contributed by atoms with E-state index in [0.717, 1.165) is 12.3 Å². The molecule has 1 unspecified atom stereocenters. The summed E-state index contributed by atoms with van der Waals surface area (Å²) in [6.07, 6.45) is 7.85. The van der Waals surface area contributed by atoms with E-state index in [-0.39, 0.29) is 0 Å². The van der Waals surface area contributed by atoms with Gasteiger partial charge in [-0.15, -0.1) is 0 Å². The molecule has 2 aliphatic rings. The Bertz CT molecular complexity index is 323. The van der Waals surface area contributed by atoms with Crippen LogP contribution in [0.1, 0.15) is 39.0 Å². The summed E-state index contributed by atoms with van der Waals surface area (Å²) in [5, 5.41) is 8.70. The fourth-order valence-corrected chi connectivity index (χ4v) is 2.51. The molecule has 0 aromatic rings. The van der Waals surface area contributed by atoms with Crippen molar-refractivity contribution in [3.05, 3.63) is 22.8 Å². The molecular weight excluding hydrogens is 176 g/mol. The molecule has 1 fully saturated rings. The zero-order chi connectivity index (χ0) is 10.1. The van der Waals surface area contributed by atoms with Gasteiger partial charge in [-0.25, -0.2) is 4.79 Å². The van der Waals surface area contributed by atoms with Crippen molar-refractivity contribution in [2.24, 2.45) is 5.92 Å². The van der Waals surface area contributed by atoms with Gasteiger partial charge in [-0.2, -0.15) is 0 Å². The third-order valence-corrected chi connectivity index (χ3v) is 3.42. The van der Waals surface area contributed by atoms with Gasteiger partial charge in [-0.1, -0.05) is 17.2 Å². The summed E-state index contributed by atoms with van der Waals surface area (Å²) in [6.45, 7) is 1.67. The van der Waals surface area contributed by atoms with Crippen LogP contribution in [0.15, 0.2) is 22.8 Å². The maximum atomic E-state index is 10.6. The van der Waals surface area contributed by atoms with Crippen molar-refractivity contribution in [3.8, 4) is 0 Å². The van der Waals surface area contributed by atoms with Crippen molar-refractivity contribution < 1.29 is 9.90 Å². The Morgan fingerprint density at radius 1 is 1.57 bits per heavy atom.